The van der Waals surface area contributed by atoms with Crippen LogP contribution in [0.2, 0.25) is 5.02 Å². The Bertz CT molecular complexity index is 1170. The lowest BCUT2D eigenvalue weighted by atomic mass is 10.3. The topological polar surface area (TPSA) is 64.3 Å². The molecule has 0 saturated carbocycles. The van der Waals surface area contributed by atoms with Crippen LogP contribution < -0.4 is 11.2 Å². The van der Waals surface area contributed by atoms with Gasteiger partial charge < -0.3 is 4.90 Å². The molecule has 1 aliphatic rings. The number of thiophene rings is 1. The zero-order valence-electron chi connectivity index (χ0n) is 15.5. The standard InChI is InChI=1S/C20H20ClN3O3S/c1-2-15-11-16-18(26)24(14-7-5-6-13(21)10-14)20(27)23(19(16)28-15)12-17(25)22-8-3-4-9-22/h5-7,10-11H,2-4,8-9,12H2,1H3. The van der Waals surface area contributed by atoms with Crippen LogP contribution in [0, 0.1) is 0 Å². The first-order valence-corrected chi connectivity index (χ1v) is 10.5. The minimum absolute atomic E-state index is 0.0696. The smallest absolute Gasteiger partial charge is 0.337 e. The molecular formula is C20H20ClN3O3S. The Kier molecular flexibility index (Phi) is 5.12. The fourth-order valence-corrected chi connectivity index (χ4v) is 4.82. The summed E-state index contributed by atoms with van der Waals surface area (Å²) in [6.07, 6.45) is 2.72. The minimum Gasteiger partial charge on any atom is -0.341 e. The van der Waals surface area contributed by atoms with Gasteiger partial charge in [0, 0.05) is 23.0 Å². The van der Waals surface area contributed by atoms with Gasteiger partial charge in [0.2, 0.25) is 5.91 Å². The zero-order chi connectivity index (χ0) is 19.8. The van der Waals surface area contributed by atoms with Crippen molar-refractivity contribution in [2.24, 2.45) is 0 Å². The highest BCUT2D eigenvalue weighted by molar-refractivity contribution is 7.18. The third kappa shape index (κ3) is 3.29. The second-order valence-corrected chi connectivity index (χ2v) is 8.41. The molecule has 8 heteroatoms. The lowest BCUT2D eigenvalue weighted by molar-refractivity contribution is -0.130. The molecule has 0 radical (unpaired) electrons. The predicted octanol–water partition coefficient (Wildman–Crippen LogP) is 3.05. The first kappa shape index (κ1) is 19.0. The van der Waals surface area contributed by atoms with Crippen molar-refractivity contribution in [1.82, 2.24) is 14.0 Å². The first-order chi connectivity index (χ1) is 13.5. The van der Waals surface area contributed by atoms with Crippen LogP contribution in [0.15, 0.2) is 39.9 Å². The van der Waals surface area contributed by atoms with E-state index >= 15 is 0 Å². The molecule has 4 rings (SSSR count). The maximum Gasteiger partial charge on any atom is 0.337 e. The normalized spacial score (nSPS) is 14.1. The highest BCUT2D eigenvalue weighted by Gasteiger charge is 2.23. The summed E-state index contributed by atoms with van der Waals surface area (Å²) >= 11 is 7.47. The maximum atomic E-state index is 13.3. The molecule has 28 heavy (non-hydrogen) atoms. The number of hydrogen-bond donors (Lipinski definition) is 0. The summed E-state index contributed by atoms with van der Waals surface area (Å²) < 4.78 is 2.54. The van der Waals surface area contributed by atoms with Crippen molar-refractivity contribution in [3.05, 3.63) is 61.1 Å². The lowest BCUT2D eigenvalue weighted by Gasteiger charge is -2.17. The Morgan fingerprint density at radius 1 is 1.18 bits per heavy atom. The summed E-state index contributed by atoms with van der Waals surface area (Å²) in [5.74, 6) is -0.0939. The Hall–Kier alpha value is -2.38. The molecule has 0 spiro atoms. The van der Waals surface area contributed by atoms with Gasteiger partial charge in [0.25, 0.3) is 5.56 Å². The highest BCUT2D eigenvalue weighted by Crippen LogP contribution is 2.24. The maximum absolute atomic E-state index is 13.3. The van der Waals surface area contributed by atoms with Gasteiger partial charge >= 0.3 is 5.69 Å². The molecule has 1 amide bonds. The molecule has 1 aliphatic heterocycles. The predicted molar refractivity (Wildman–Crippen MR) is 112 cm³/mol. The van der Waals surface area contributed by atoms with Gasteiger partial charge in [-0.15, -0.1) is 11.3 Å². The molecule has 0 bridgehead atoms. The van der Waals surface area contributed by atoms with E-state index < -0.39 is 5.69 Å². The monoisotopic (exact) mass is 417 g/mol. The fraction of sp³-hybridized carbons (Fsp3) is 0.350. The zero-order valence-corrected chi connectivity index (χ0v) is 17.1. The molecule has 1 fully saturated rings. The number of likely N-dealkylation sites (tertiary alicyclic amines) is 1. The summed E-state index contributed by atoms with van der Waals surface area (Å²) in [4.78, 5) is 42.5. The number of fused-ring (bicyclic) bond motifs is 1. The molecule has 0 aliphatic carbocycles. The Balaban J connectivity index is 1.94. The van der Waals surface area contributed by atoms with Gasteiger partial charge in [-0.25, -0.2) is 9.36 Å². The van der Waals surface area contributed by atoms with E-state index in [4.69, 9.17) is 11.6 Å². The molecule has 3 heterocycles. The number of aromatic nitrogens is 2. The second kappa shape index (κ2) is 7.56. The van der Waals surface area contributed by atoms with E-state index in [0.717, 1.165) is 41.8 Å². The number of rotatable bonds is 4. The van der Waals surface area contributed by atoms with E-state index in [1.807, 2.05) is 13.0 Å². The van der Waals surface area contributed by atoms with Crippen molar-refractivity contribution >= 4 is 39.1 Å². The molecule has 0 N–H and O–H groups in total. The molecule has 3 aromatic rings. The van der Waals surface area contributed by atoms with Crippen LogP contribution in [0.4, 0.5) is 0 Å². The quantitative estimate of drug-likeness (QED) is 0.655. The Labute approximate surface area is 170 Å². The first-order valence-electron chi connectivity index (χ1n) is 9.31. The van der Waals surface area contributed by atoms with Crippen LogP contribution in [0.5, 0.6) is 0 Å². The Morgan fingerprint density at radius 2 is 1.93 bits per heavy atom. The molecule has 1 saturated heterocycles. The summed E-state index contributed by atoms with van der Waals surface area (Å²) in [6.45, 7) is 3.36. The van der Waals surface area contributed by atoms with Crippen LogP contribution in [0.1, 0.15) is 24.6 Å². The second-order valence-electron chi connectivity index (χ2n) is 6.86. The third-order valence-corrected chi connectivity index (χ3v) is 6.57. The van der Waals surface area contributed by atoms with E-state index in [1.165, 1.54) is 15.9 Å². The summed E-state index contributed by atoms with van der Waals surface area (Å²) in [6, 6.07) is 8.44. The largest absolute Gasteiger partial charge is 0.341 e. The van der Waals surface area contributed by atoms with Crippen LogP contribution >= 0.6 is 22.9 Å². The van der Waals surface area contributed by atoms with Crippen molar-refractivity contribution in [3.8, 4) is 5.69 Å². The number of halogens is 1. The number of carbonyl (C=O) groups excluding carboxylic acids is 1. The van der Waals surface area contributed by atoms with Gasteiger partial charge in [0.15, 0.2) is 0 Å². The van der Waals surface area contributed by atoms with Gasteiger partial charge in [0.05, 0.1) is 11.1 Å². The Morgan fingerprint density at radius 3 is 2.61 bits per heavy atom. The van der Waals surface area contributed by atoms with Crippen LogP contribution in [0.3, 0.4) is 0 Å². The van der Waals surface area contributed by atoms with E-state index in [0.29, 0.717) is 20.9 Å². The van der Waals surface area contributed by atoms with Gasteiger partial charge in [-0.05, 0) is 43.5 Å². The minimum atomic E-state index is -0.517. The molecule has 6 nitrogen and oxygen atoms in total. The van der Waals surface area contributed by atoms with Gasteiger partial charge in [0.1, 0.15) is 11.4 Å². The molecule has 146 valence electrons. The van der Waals surface area contributed by atoms with E-state index in [-0.39, 0.29) is 18.0 Å². The van der Waals surface area contributed by atoms with Gasteiger partial charge in [-0.1, -0.05) is 24.6 Å². The molecule has 2 aromatic heterocycles. The highest BCUT2D eigenvalue weighted by atomic mass is 35.5. The van der Waals surface area contributed by atoms with Gasteiger partial charge in [-0.2, -0.15) is 0 Å². The molecule has 1 aromatic carbocycles. The van der Waals surface area contributed by atoms with E-state index in [9.17, 15) is 14.4 Å². The summed E-state index contributed by atoms with van der Waals surface area (Å²) in [5.41, 5.74) is -0.504. The van der Waals surface area contributed by atoms with Crippen molar-refractivity contribution in [3.63, 3.8) is 0 Å². The van der Waals surface area contributed by atoms with Crippen LogP contribution in [-0.2, 0) is 17.8 Å². The number of amides is 1. The molecule has 0 unspecified atom stereocenters. The molecular weight excluding hydrogens is 398 g/mol. The molecule has 0 atom stereocenters. The number of carbonyl (C=O) groups is 1. The van der Waals surface area contributed by atoms with Crippen LogP contribution in [0.25, 0.3) is 15.9 Å². The fourth-order valence-electron chi connectivity index (χ4n) is 3.56. The van der Waals surface area contributed by atoms with E-state index in [1.54, 1.807) is 29.2 Å². The number of benzene rings is 1. The lowest BCUT2D eigenvalue weighted by Crippen LogP contribution is -2.42. The number of hydrogen-bond acceptors (Lipinski definition) is 4. The van der Waals surface area contributed by atoms with Gasteiger partial charge in [-0.3, -0.25) is 14.2 Å². The van der Waals surface area contributed by atoms with Crippen molar-refractivity contribution in [2.75, 3.05) is 13.1 Å². The van der Waals surface area contributed by atoms with E-state index in [2.05, 4.69) is 0 Å². The average molecular weight is 418 g/mol. The van der Waals surface area contributed by atoms with Crippen molar-refractivity contribution in [1.29, 1.82) is 0 Å². The van der Waals surface area contributed by atoms with Crippen LogP contribution in [-0.4, -0.2) is 33.0 Å². The summed E-state index contributed by atoms with van der Waals surface area (Å²) in [5, 5.41) is 0.888. The summed E-state index contributed by atoms with van der Waals surface area (Å²) in [7, 11) is 0. The van der Waals surface area contributed by atoms with Crippen molar-refractivity contribution in [2.45, 2.75) is 32.7 Å². The SMILES string of the molecule is CCc1cc2c(=O)n(-c3cccc(Cl)c3)c(=O)n(CC(=O)N3CCCC3)c2s1. The average Bonchev–Trinajstić information content (AvgIpc) is 3.35. The third-order valence-electron chi connectivity index (χ3n) is 5.03. The number of aryl methyl sites for hydroxylation is 1. The number of nitrogens with zero attached hydrogens (tertiary/aromatic N) is 3. The van der Waals surface area contributed by atoms with Crippen molar-refractivity contribution < 1.29 is 4.79 Å².